The molecule has 92 valence electrons. The fraction of sp³-hybridized carbons (Fsp3) is 0.600. The van der Waals surface area contributed by atoms with Crippen molar-refractivity contribution in [3.05, 3.63) is 18.0 Å². The molecule has 2 N–H and O–H groups in total. The van der Waals surface area contributed by atoms with Gasteiger partial charge >= 0.3 is 6.18 Å². The van der Waals surface area contributed by atoms with Gasteiger partial charge in [-0.2, -0.15) is 13.2 Å². The summed E-state index contributed by atoms with van der Waals surface area (Å²) in [5, 5.41) is 6.18. The molecule has 0 spiro atoms. The zero-order chi connectivity index (χ0) is 12.0. The monoisotopic (exact) mass is 244 g/mol. The Labute approximate surface area is 95.6 Å². The molecular formula is C10H11F3N4. The molecular weight excluding hydrogens is 233 g/mol. The smallest absolute Gasteiger partial charge is 0.351 e. The van der Waals surface area contributed by atoms with Crippen molar-refractivity contribution >= 4 is 5.95 Å². The highest BCUT2D eigenvalue weighted by Gasteiger charge is 2.53. The van der Waals surface area contributed by atoms with Gasteiger partial charge in [0.25, 0.3) is 0 Å². The lowest BCUT2D eigenvalue weighted by Crippen LogP contribution is -2.22. The van der Waals surface area contributed by atoms with Gasteiger partial charge in [-0.1, -0.05) is 0 Å². The molecule has 1 saturated carbocycles. The van der Waals surface area contributed by atoms with Crippen LogP contribution in [0, 0.1) is 11.8 Å². The highest BCUT2D eigenvalue weighted by molar-refractivity contribution is 5.33. The number of alkyl halides is 3. The van der Waals surface area contributed by atoms with Crippen molar-refractivity contribution in [2.75, 3.05) is 18.4 Å². The van der Waals surface area contributed by atoms with E-state index in [1.807, 2.05) is 0 Å². The Morgan fingerprint density at radius 1 is 1.29 bits per heavy atom. The molecule has 2 unspecified atom stereocenters. The van der Waals surface area contributed by atoms with E-state index in [4.69, 9.17) is 0 Å². The van der Waals surface area contributed by atoms with Crippen LogP contribution in [-0.4, -0.2) is 29.1 Å². The van der Waals surface area contributed by atoms with Gasteiger partial charge in [0, 0.05) is 25.3 Å². The number of piperidine rings is 1. The van der Waals surface area contributed by atoms with Crippen LogP contribution in [0.4, 0.5) is 19.1 Å². The number of hydrogen-bond acceptors (Lipinski definition) is 4. The normalized spacial score (nSPS) is 31.1. The second kappa shape index (κ2) is 3.56. The second-order valence-corrected chi connectivity index (χ2v) is 4.42. The number of fused-ring (bicyclic) bond motifs is 1. The maximum absolute atomic E-state index is 12.4. The fourth-order valence-electron chi connectivity index (χ4n) is 2.37. The van der Waals surface area contributed by atoms with E-state index < -0.39 is 11.9 Å². The summed E-state index contributed by atoms with van der Waals surface area (Å²) < 4.78 is 37.3. The molecule has 2 atom stereocenters. The van der Waals surface area contributed by atoms with Crippen molar-refractivity contribution in [2.24, 2.45) is 11.8 Å². The molecule has 1 saturated heterocycles. The lowest BCUT2D eigenvalue weighted by molar-refractivity contribution is -0.141. The third kappa shape index (κ3) is 1.95. The molecule has 1 aromatic heterocycles. The number of halogens is 3. The van der Waals surface area contributed by atoms with E-state index >= 15 is 0 Å². The minimum Gasteiger partial charge on any atom is -0.351 e. The highest BCUT2D eigenvalue weighted by atomic mass is 19.4. The molecule has 2 aliphatic rings. The van der Waals surface area contributed by atoms with Gasteiger partial charge in [-0.3, -0.25) is 0 Å². The van der Waals surface area contributed by atoms with Crippen molar-refractivity contribution in [3.63, 3.8) is 0 Å². The number of hydrogen-bond donors (Lipinski definition) is 2. The maximum Gasteiger partial charge on any atom is 0.433 e. The van der Waals surface area contributed by atoms with Crippen molar-refractivity contribution in [1.29, 1.82) is 0 Å². The molecule has 0 bridgehead atoms. The van der Waals surface area contributed by atoms with E-state index in [2.05, 4.69) is 20.6 Å². The van der Waals surface area contributed by atoms with Crippen molar-refractivity contribution in [1.82, 2.24) is 15.3 Å². The van der Waals surface area contributed by atoms with Crippen LogP contribution in [-0.2, 0) is 6.18 Å². The third-order valence-corrected chi connectivity index (χ3v) is 3.33. The van der Waals surface area contributed by atoms with Crippen LogP contribution in [0.5, 0.6) is 0 Å². The van der Waals surface area contributed by atoms with Crippen LogP contribution in [0.25, 0.3) is 0 Å². The summed E-state index contributed by atoms with van der Waals surface area (Å²) >= 11 is 0. The Morgan fingerprint density at radius 3 is 2.65 bits per heavy atom. The molecule has 2 fully saturated rings. The van der Waals surface area contributed by atoms with E-state index in [9.17, 15) is 13.2 Å². The Balaban J connectivity index is 1.72. The van der Waals surface area contributed by atoms with Crippen molar-refractivity contribution < 1.29 is 13.2 Å². The molecule has 4 nitrogen and oxygen atoms in total. The molecule has 0 amide bonds. The van der Waals surface area contributed by atoms with E-state index in [1.54, 1.807) is 0 Å². The van der Waals surface area contributed by atoms with Gasteiger partial charge in [0.05, 0.1) is 0 Å². The molecule has 1 aliphatic carbocycles. The summed E-state index contributed by atoms with van der Waals surface area (Å²) in [7, 11) is 0. The number of nitrogens with one attached hydrogen (secondary N) is 2. The van der Waals surface area contributed by atoms with Gasteiger partial charge in [0.15, 0.2) is 0 Å². The lowest BCUT2D eigenvalue weighted by Gasteiger charge is -2.09. The third-order valence-electron chi connectivity index (χ3n) is 3.33. The first-order chi connectivity index (χ1) is 8.05. The number of nitrogens with zero attached hydrogens (tertiary/aromatic N) is 2. The maximum atomic E-state index is 12.4. The first-order valence-corrected chi connectivity index (χ1v) is 5.43. The van der Waals surface area contributed by atoms with Gasteiger partial charge in [-0.25, -0.2) is 9.97 Å². The Morgan fingerprint density at radius 2 is 2.00 bits per heavy atom. The first kappa shape index (κ1) is 10.8. The predicted octanol–water partition coefficient (Wildman–Crippen LogP) is 1.13. The summed E-state index contributed by atoms with van der Waals surface area (Å²) in [5.74, 6) is 1.08. The van der Waals surface area contributed by atoms with Crippen LogP contribution in [0.3, 0.4) is 0 Å². The highest BCUT2D eigenvalue weighted by Crippen LogP contribution is 2.43. The van der Waals surface area contributed by atoms with Crippen LogP contribution < -0.4 is 10.6 Å². The quantitative estimate of drug-likeness (QED) is 0.818. The van der Waals surface area contributed by atoms with Crippen molar-refractivity contribution in [2.45, 2.75) is 12.2 Å². The summed E-state index contributed by atoms with van der Waals surface area (Å²) in [5.41, 5.74) is -0.904. The molecule has 3 rings (SSSR count). The average Bonchev–Trinajstić information content (AvgIpc) is 2.74. The van der Waals surface area contributed by atoms with E-state index in [0.717, 1.165) is 25.4 Å². The number of rotatable bonds is 2. The number of aromatic nitrogens is 2. The second-order valence-electron chi connectivity index (χ2n) is 4.42. The Hall–Kier alpha value is -1.37. The van der Waals surface area contributed by atoms with Gasteiger partial charge in [0.2, 0.25) is 5.95 Å². The molecule has 1 aliphatic heterocycles. The van der Waals surface area contributed by atoms with Gasteiger partial charge in [-0.05, 0) is 17.9 Å². The largest absolute Gasteiger partial charge is 0.433 e. The number of anilines is 1. The van der Waals surface area contributed by atoms with Crippen LogP contribution in [0.1, 0.15) is 5.69 Å². The summed E-state index contributed by atoms with van der Waals surface area (Å²) in [6.07, 6.45) is -3.28. The molecule has 0 aromatic carbocycles. The summed E-state index contributed by atoms with van der Waals surface area (Å²) in [6.45, 7) is 1.84. The molecule has 2 heterocycles. The lowest BCUT2D eigenvalue weighted by atomic mass is 10.4. The first-order valence-electron chi connectivity index (χ1n) is 5.43. The fourth-order valence-corrected chi connectivity index (χ4v) is 2.37. The SMILES string of the molecule is FC(F)(F)c1ccnc(NC2C3CNCC32)n1. The van der Waals surface area contributed by atoms with E-state index in [1.165, 1.54) is 0 Å². The zero-order valence-corrected chi connectivity index (χ0v) is 8.83. The van der Waals surface area contributed by atoms with Gasteiger partial charge < -0.3 is 10.6 Å². The topological polar surface area (TPSA) is 49.8 Å². The Bertz CT molecular complexity index is 424. The van der Waals surface area contributed by atoms with Crippen LogP contribution in [0.2, 0.25) is 0 Å². The van der Waals surface area contributed by atoms with Gasteiger partial charge in [0.1, 0.15) is 5.69 Å². The molecule has 0 radical (unpaired) electrons. The minimum absolute atomic E-state index is 0.0687. The van der Waals surface area contributed by atoms with Crippen LogP contribution >= 0.6 is 0 Å². The summed E-state index contributed by atoms with van der Waals surface area (Å²) in [6, 6.07) is 1.10. The van der Waals surface area contributed by atoms with Crippen molar-refractivity contribution in [3.8, 4) is 0 Å². The van der Waals surface area contributed by atoms with Gasteiger partial charge in [-0.15, -0.1) is 0 Å². The molecule has 17 heavy (non-hydrogen) atoms. The van der Waals surface area contributed by atoms with E-state index in [-0.39, 0.29) is 12.0 Å². The molecule has 1 aromatic rings. The Kier molecular flexibility index (Phi) is 2.25. The predicted molar refractivity (Wildman–Crippen MR) is 54.3 cm³/mol. The average molecular weight is 244 g/mol. The minimum atomic E-state index is -4.42. The zero-order valence-electron chi connectivity index (χ0n) is 8.83. The molecule has 7 heteroatoms. The van der Waals surface area contributed by atoms with Crippen LogP contribution in [0.15, 0.2) is 12.3 Å². The standard InChI is InChI=1S/C10H11F3N4/c11-10(12,13)7-1-2-15-9(16-7)17-8-5-3-14-4-6(5)8/h1-2,5-6,8,14H,3-4H2,(H,15,16,17). The van der Waals surface area contributed by atoms with E-state index in [0.29, 0.717) is 11.8 Å². The summed E-state index contributed by atoms with van der Waals surface area (Å²) in [4.78, 5) is 7.30.